The molecule has 1 amide bonds. The molecule has 4 heteroatoms. The zero-order valence-corrected chi connectivity index (χ0v) is 9.70. The van der Waals surface area contributed by atoms with E-state index in [4.69, 9.17) is 11.6 Å². The van der Waals surface area contributed by atoms with E-state index < -0.39 is 0 Å². The van der Waals surface area contributed by atoms with E-state index in [1.165, 1.54) is 11.5 Å². The zero-order valence-electron chi connectivity index (χ0n) is 8.12. The standard InChI is InChI=1S/C9H16ClNOS/c1-7(10)9(12)11(2)8-3-5-13-6-4-8/h7-8H,3-6H2,1-2H3/t7-/m1/s1. The Labute approximate surface area is 89.0 Å². The Balaban J connectivity index is 2.45. The Kier molecular flexibility index (Phi) is 4.39. The summed E-state index contributed by atoms with van der Waals surface area (Å²) >= 11 is 7.71. The molecule has 13 heavy (non-hydrogen) atoms. The van der Waals surface area contributed by atoms with Gasteiger partial charge in [-0.25, -0.2) is 0 Å². The van der Waals surface area contributed by atoms with Gasteiger partial charge in [0.15, 0.2) is 0 Å². The summed E-state index contributed by atoms with van der Waals surface area (Å²) in [6, 6.07) is 0.412. The first-order valence-corrected chi connectivity index (χ1v) is 6.20. The predicted octanol–water partition coefficient (Wildman–Crippen LogP) is 1.97. The summed E-state index contributed by atoms with van der Waals surface area (Å²) in [4.78, 5) is 13.3. The third-order valence-corrected chi connectivity index (χ3v) is 3.66. The van der Waals surface area contributed by atoms with Crippen molar-refractivity contribution in [2.24, 2.45) is 0 Å². The fourth-order valence-corrected chi connectivity index (χ4v) is 2.77. The van der Waals surface area contributed by atoms with Crippen molar-refractivity contribution in [1.29, 1.82) is 0 Å². The van der Waals surface area contributed by atoms with Crippen LogP contribution in [0.25, 0.3) is 0 Å². The van der Waals surface area contributed by atoms with Gasteiger partial charge in [-0.05, 0) is 31.3 Å². The number of amides is 1. The van der Waals surface area contributed by atoms with Crippen molar-refractivity contribution in [3.05, 3.63) is 0 Å². The van der Waals surface area contributed by atoms with Gasteiger partial charge in [0.1, 0.15) is 5.38 Å². The van der Waals surface area contributed by atoms with E-state index in [0.29, 0.717) is 6.04 Å². The van der Waals surface area contributed by atoms with Gasteiger partial charge in [-0.3, -0.25) is 4.79 Å². The number of halogens is 1. The second-order valence-electron chi connectivity index (χ2n) is 3.41. The van der Waals surface area contributed by atoms with Crippen LogP contribution in [0.3, 0.4) is 0 Å². The van der Waals surface area contributed by atoms with Crippen molar-refractivity contribution in [1.82, 2.24) is 4.90 Å². The van der Waals surface area contributed by atoms with Crippen LogP contribution in [0.15, 0.2) is 0 Å². The van der Waals surface area contributed by atoms with Crippen LogP contribution in [0.4, 0.5) is 0 Å². The largest absolute Gasteiger partial charge is 0.341 e. The van der Waals surface area contributed by atoms with Crippen molar-refractivity contribution < 1.29 is 4.79 Å². The van der Waals surface area contributed by atoms with Crippen LogP contribution in [0.2, 0.25) is 0 Å². The molecule has 0 unspecified atom stereocenters. The van der Waals surface area contributed by atoms with Gasteiger partial charge in [0.25, 0.3) is 0 Å². The van der Waals surface area contributed by atoms with Crippen molar-refractivity contribution in [3.8, 4) is 0 Å². The number of carbonyl (C=O) groups excluding carboxylic acids is 1. The van der Waals surface area contributed by atoms with Gasteiger partial charge in [0, 0.05) is 13.1 Å². The molecule has 1 aliphatic rings. The second-order valence-corrected chi connectivity index (χ2v) is 5.29. The normalized spacial score (nSPS) is 21.2. The summed E-state index contributed by atoms with van der Waals surface area (Å²) in [6.07, 6.45) is 2.22. The third-order valence-electron chi connectivity index (χ3n) is 2.43. The van der Waals surface area contributed by atoms with E-state index in [9.17, 15) is 4.79 Å². The topological polar surface area (TPSA) is 20.3 Å². The van der Waals surface area contributed by atoms with E-state index >= 15 is 0 Å². The van der Waals surface area contributed by atoms with Gasteiger partial charge >= 0.3 is 0 Å². The Hall–Kier alpha value is 0.110. The van der Waals surface area contributed by atoms with Gasteiger partial charge in [-0.2, -0.15) is 11.8 Å². The Morgan fingerprint density at radius 3 is 2.54 bits per heavy atom. The molecule has 1 rings (SSSR count). The average Bonchev–Trinajstić information content (AvgIpc) is 2.17. The number of hydrogen-bond donors (Lipinski definition) is 0. The van der Waals surface area contributed by atoms with Crippen molar-refractivity contribution in [2.45, 2.75) is 31.2 Å². The maximum atomic E-state index is 11.5. The van der Waals surface area contributed by atoms with Crippen LogP contribution < -0.4 is 0 Å². The molecule has 0 aromatic rings. The summed E-state index contributed by atoms with van der Waals surface area (Å²) in [6.45, 7) is 1.73. The lowest BCUT2D eigenvalue weighted by Gasteiger charge is -2.31. The van der Waals surface area contributed by atoms with Crippen LogP contribution in [-0.2, 0) is 4.79 Å². The van der Waals surface area contributed by atoms with Gasteiger partial charge in [-0.15, -0.1) is 11.6 Å². The molecule has 1 aliphatic heterocycles. The molecule has 0 saturated carbocycles. The molecule has 0 aromatic heterocycles. The maximum Gasteiger partial charge on any atom is 0.240 e. The first-order chi connectivity index (χ1) is 6.13. The van der Waals surface area contributed by atoms with Gasteiger partial charge in [0.2, 0.25) is 5.91 Å². The van der Waals surface area contributed by atoms with Gasteiger partial charge in [-0.1, -0.05) is 0 Å². The van der Waals surface area contributed by atoms with Crippen LogP contribution in [0, 0.1) is 0 Å². The minimum Gasteiger partial charge on any atom is -0.341 e. The number of thioether (sulfide) groups is 1. The smallest absolute Gasteiger partial charge is 0.240 e. The van der Waals surface area contributed by atoms with Crippen LogP contribution >= 0.6 is 23.4 Å². The molecule has 76 valence electrons. The molecule has 1 atom stereocenters. The molecular formula is C9H16ClNOS. The molecular weight excluding hydrogens is 206 g/mol. The minimum atomic E-state index is -0.389. The number of alkyl halides is 1. The summed E-state index contributed by atoms with van der Waals surface area (Å²) < 4.78 is 0. The summed E-state index contributed by atoms with van der Waals surface area (Å²) in [5.41, 5.74) is 0. The fraction of sp³-hybridized carbons (Fsp3) is 0.889. The Bertz CT molecular complexity index is 180. The molecule has 0 radical (unpaired) electrons. The maximum absolute atomic E-state index is 11.5. The molecule has 2 nitrogen and oxygen atoms in total. The van der Waals surface area contributed by atoms with Gasteiger partial charge in [0.05, 0.1) is 0 Å². The predicted molar refractivity (Wildman–Crippen MR) is 58.4 cm³/mol. The first-order valence-electron chi connectivity index (χ1n) is 4.61. The summed E-state index contributed by atoms with van der Waals surface area (Å²) in [5.74, 6) is 2.39. The highest BCUT2D eigenvalue weighted by Gasteiger charge is 2.24. The second kappa shape index (κ2) is 5.11. The summed E-state index contributed by atoms with van der Waals surface area (Å²) in [7, 11) is 1.86. The minimum absolute atomic E-state index is 0.0542. The fourth-order valence-electron chi connectivity index (χ4n) is 1.53. The van der Waals surface area contributed by atoms with E-state index in [1.807, 2.05) is 23.7 Å². The molecule has 0 spiro atoms. The SMILES string of the molecule is C[C@@H](Cl)C(=O)N(C)C1CCSCC1. The quantitative estimate of drug-likeness (QED) is 0.665. The average molecular weight is 222 g/mol. The van der Waals surface area contributed by atoms with E-state index in [1.54, 1.807) is 6.92 Å². The van der Waals surface area contributed by atoms with Crippen LogP contribution in [-0.4, -0.2) is 40.8 Å². The lowest BCUT2D eigenvalue weighted by Crippen LogP contribution is -2.42. The molecule has 1 fully saturated rings. The van der Waals surface area contributed by atoms with E-state index in [2.05, 4.69) is 0 Å². The monoisotopic (exact) mass is 221 g/mol. The molecule has 0 aliphatic carbocycles. The van der Waals surface area contributed by atoms with E-state index in [0.717, 1.165) is 12.8 Å². The Morgan fingerprint density at radius 1 is 1.54 bits per heavy atom. The van der Waals surface area contributed by atoms with Crippen molar-refractivity contribution >= 4 is 29.3 Å². The number of carbonyl (C=O) groups is 1. The van der Waals surface area contributed by atoms with E-state index in [-0.39, 0.29) is 11.3 Å². The zero-order chi connectivity index (χ0) is 9.84. The number of nitrogens with zero attached hydrogens (tertiary/aromatic N) is 1. The lowest BCUT2D eigenvalue weighted by molar-refractivity contribution is -0.131. The molecule has 0 N–H and O–H groups in total. The first kappa shape index (κ1) is 11.2. The number of rotatable bonds is 2. The summed E-state index contributed by atoms with van der Waals surface area (Å²) in [5, 5.41) is -0.389. The highest BCUT2D eigenvalue weighted by Crippen LogP contribution is 2.21. The Morgan fingerprint density at radius 2 is 2.08 bits per heavy atom. The molecule has 1 saturated heterocycles. The van der Waals surface area contributed by atoms with Gasteiger partial charge < -0.3 is 4.90 Å². The van der Waals surface area contributed by atoms with Crippen LogP contribution in [0.5, 0.6) is 0 Å². The number of hydrogen-bond acceptors (Lipinski definition) is 2. The van der Waals surface area contributed by atoms with Crippen molar-refractivity contribution in [2.75, 3.05) is 18.6 Å². The van der Waals surface area contributed by atoms with Crippen molar-refractivity contribution in [3.63, 3.8) is 0 Å². The van der Waals surface area contributed by atoms with Crippen LogP contribution in [0.1, 0.15) is 19.8 Å². The highest BCUT2D eigenvalue weighted by molar-refractivity contribution is 7.99. The molecule has 1 heterocycles. The molecule has 0 bridgehead atoms. The highest BCUT2D eigenvalue weighted by atomic mass is 35.5. The third kappa shape index (κ3) is 3.06. The lowest BCUT2D eigenvalue weighted by atomic mass is 10.1. The molecule has 0 aromatic carbocycles.